The fourth-order valence-electron chi connectivity index (χ4n) is 2.42. The Hall–Kier alpha value is -2.53. The molecule has 2 aromatic rings. The minimum Gasteiger partial charge on any atom is -0.383 e. The zero-order valence-corrected chi connectivity index (χ0v) is 13.6. The molecule has 0 aliphatic rings. The lowest BCUT2D eigenvalue weighted by molar-refractivity contribution is -0.137. The third kappa shape index (κ3) is 4.06. The highest BCUT2D eigenvalue weighted by Gasteiger charge is 2.33. The van der Waals surface area contributed by atoms with Gasteiger partial charge in [-0.2, -0.15) is 23.5 Å². The van der Waals surface area contributed by atoms with E-state index in [0.29, 0.717) is 0 Å². The molecule has 2 rings (SSSR count). The maximum Gasteiger partial charge on any atom is 0.418 e. The number of anilines is 1. The number of hydrogen-bond donors (Lipinski definition) is 1. The molecular formula is C16H18F3N5. The molecule has 1 atom stereocenters. The molecule has 0 saturated carbocycles. The van der Waals surface area contributed by atoms with Crippen LogP contribution in [0.4, 0.5) is 18.9 Å². The van der Waals surface area contributed by atoms with Gasteiger partial charge >= 0.3 is 6.18 Å². The van der Waals surface area contributed by atoms with E-state index in [1.165, 1.54) is 12.1 Å². The maximum absolute atomic E-state index is 13.1. The Labute approximate surface area is 138 Å². The first kappa shape index (κ1) is 17.8. The van der Waals surface area contributed by atoms with Crippen molar-refractivity contribution in [3.63, 3.8) is 0 Å². The summed E-state index contributed by atoms with van der Waals surface area (Å²) in [5, 5.41) is 15.9. The zero-order valence-electron chi connectivity index (χ0n) is 13.6. The number of nitrogens with one attached hydrogen (secondary N) is 1. The maximum atomic E-state index is 13.1. The quantitative estimate of drug-likeness (QED) is 0.911. The molecule has 1 aromatic carbocycles. The lowest BCUT2D eigenvalue weighted by atomic mass is 10.1. The summed E-state index contributed by atoms with van der Waals surface area (Å²) in [6, 6.07) is 5.01. The molecule has 0 bridgehead atoms. The molecule has 1 aromatic heterocycles. The van der Waals surface area contributed by atoms with Crippen molar-refractivity contribution in [1.82, 2.24) is 14.7 Å². The number of aromatic nitrogens is 2. The Bertz CT molecular complexity index is 743. The van der Waals surface area contributed by atoms with Gasteiger partial charge in [0.2, 0.25) is 0 Å². The van der Waals surface area contributed by atoms with Crippen molar-refractivity contribution >= 4 is 5.69 Å². The Morgan fingerprint density at radius 1 is 1.38 bits per heavy atom. The summed E-state index contributed by atoms with van der Waals surface area (Å²) in [5.74, 6) is 0. The van der Waals surface area contributed by atoms with Gasteiger partial charge in [-0.15, -0.1) is 0 Å². The summed E-state index contributed by atoms with van der Waals surface area (Å²) in [6.07, 6.45) is -0.982. The second kappa shape index (κ2) is 6.93. The lowest BCUT2D eigenvalue weighted by Gasteiger charge is -2.25. The van der Waals surface area contributed by atoms with Crippen LogP contribution in [-0.2, 0) is 13.2 Å². The molecule has 8 heteroatoms. The van der Waals surface area contributed by atoms with Gasteiger partial charge in [-0.25, -0.2) is 0 Å². The number of nitrogens with zero attached hydrogens (tertiary/aromatic N) is 4. The first-order valence-corrected chi connectivity index (χ1v) is 7.22. The minimum absolute atomic E-state index is 0.0997. The van der Waals surface area contributed by atoms with Crippen LogP contribution in [0.25, 0.3) is 0 Å². The van der Waals surface area contributed by atoms with E-state index in [1.807, 2.05) is 31.3 Å². The van der Waals surface area contributed by atoms with Crippen LogP contribution in [0.2, 0.25) is 0 Å². The topological polar surface area (TPSA) is 56.9 Å². The van der Waals surface area contributed by atoms with Gasteiger partial charge < -0.3 is 10.2 Å². The number of nitriles is 1. The highest BCUT2D eigenvalue weighted by atomic mass is 19.4. The van der Waals surface area contributed by atoms with Crippen molar-refractivity contribution in [2.75, 3.05) is 26.0 Å². The van der Waals surface area contributed by atoms with E-state index < -0.39 is 11.7 Å². The molecule has 1 N–H and O–H groups in total. The van der Waals surface area contributed by atoms with Crippen molar-refractivity contribution in [2.24, 2.45) is 7.05 Å². The SMILES string of the molecule is CN(C)[C@H](CNc1cc(C#N)ccc1C(F)(F)F)c1cnn(C)c1. The number of hydrogen-bond acceptors (Lipinski definition) is 4. The van der Waals surface area contributed by atoms with Gasteiger partial charge in [-0.1, -0.05) is 0 Å². The highest BCUT2D eigenvalue weighted by Crippen LogP contribution is 2.35. The Balaban J connectivity index is 2.27. The molecule has 0 aliphatic carbocycles. The number of benzene rings is 1. The van der Waals surface area contributed by atoms with Crippen molar-refractivity contribution < 1.29 is 13.2 Å². The monoisotopic (exact) mass is 337 g/mol. The summed E-state index contributed by atoms with van der Waals surface area (Å²) in [4.78, 5) is 1.89. The van der Waals surface area contributed by atoms with E-state index in [-0.39, 0.29) is 23.8 Å². The van der Waals surface area contributed by atoms with Crippen molar-refractivity contribution in [3.05, 3.63) is 47.3 Å². The molecule has 24 heavy (non-hydrogen) atoms. The predicted octanol–water partition coefficient (Wildman–Crippen LogP) is 3.03. The Morgan fingerprint density at radius 3 is 2.58 bits per heavy atom. The first-order chi connectivity index (χ1) is 11.2. The Kier molecular flexibility index (Phi) is 5.14. The van der Waals surface area contributed by atoms with Gasteiger partial charge in [-0.05, 0) is 32.3 Å². The smallest absolute Gasteiger partial charge is 0.383 e. The van der Waals surface area contributed by atoms with Crippen molar-refractivity contribution in [2.45, 2.75) is 12.2 Å². The van der Waals surface area contributed by atoms with Crippen LogP contribution in [-0.4, -0.2) is 35.3 Å². The molecule has 0 spiro atoms. The van der Waals surface area contributed by atoms with Crippen LogP contribution in [0, 0.1) is 11.3 Å². The molecule has 0 amide bonds. The standard InChI is InChI=1S/C16H18F3N5/c1-23(2)15(12-8-22-24(3)10-12)9-21-14-6-11(7-20)4-5-13(14)16(17,18)19/h4-6,8,10,15,21H,9H2,1-3H3/t15-/m1/s1. The van der Waals surface area contributed by atoms with Gasteiger partial charge in [0.15, 0.2) is 0 Å². The number of likely N-dealkylation sites (N-methyl/N-ethyl adjacent to an activating group) is 1. The van der Waals surface area contributed by atoms with E-state index >= 15 is 0 Å². The van der Waals surface area contributed by atoms with Gasteiger partial charge in [0.25, 0.3) is 0 Å². The summed E-state index contributed by atoms with van der Waals surface area (Å²) in [5.41, 5.74) is 0.177. The van der Waals surface area contributed by atoms with Crippen LogP contribution >= 0.6 is 0 Å². The molecule has 1 heterocycles. The summed E-state index contributed by atoms with van der Waals surface area (Å²) in [7, 11) is 5.47. The molecule has 0 aliphatic heterocycles. The normalized spacial score (nSPS) is 12.9. The van der Waals surface area contributed by atoms with E-state index in [9.17, 15) is 13.2 Å². The number of halogens is 3. The zero-order chi connectivity index (χ0) is 17.9. The van der Waals surface area contributed by atoms with E-state index in [0.717, 1.165) is 11.6 Å². The number of aryl methyl sites for hydroxylation is 1. The van der Waals surface area contributed by atoms with Gasteiger partial charge in [-0.3, -0.25) is 4.68 Å². The van der Waals surface area contributed by atoms with Crippen LogP contribution in [0.15, 0.2) is 30.6 Å². The summed E-state index contributed by atoms with van der Waals surface area (Å²) < 4.78 is 41.1. The third-order valence-electron chi connectivity index (χ3n) is 3.67. The van der Waals surface area contributed by atoms with Gasteiger partial charge in [0.05, 0.1) is 29.4 Å². The second-order valence-electron chi connectivity index (χ2n) is 5.68. The molecular weight excluding hydrogens is 319 g/mol. The van der Waals surface area contributed by atoms with E-state index in [4.69, 9.17) is 5.26 Å². The first-order valence-electron chi connectivity index (χ1n) is 7.22. The summed E-state index contributed by atoms with van der Waals surface area (Å²) >= 11 is 0. The van der Waals surface area contributed by atoms with Crippen LogP contribution in [0.1, 0.15) is 22.7 Å². The molecule has 0 radical (unpaired) electrons. The second-order valence-corrected chi connectivity index (χ2v) is 5.68. The molecule has 0 unspecified atom stereocenters. The van der Waals surface area contributed by atoms with Crippen molar-refractivity contribution in [3.8, 4) is 6.07 Å². The number of alkyl halides is 3. The van der Waals surface area contributed by atoms with E-state index in [1.54, 1.807) is 17.9 Å². The largest absolute Gasteiger partial charge is 0.418 e. The fourth-order valence-corrected chi connectivity index (χ4v) is 2.42. The fraction of sp³-hybridized carbons (Fsp3) is 0.375. The van der Waals surface area contributed by atoms with E-state index in [2.05, 4.69) is 10.4 Å². The molecule has 5 nitrogen and oxygen atoms in total. The van der Waals surface area contributed by atoms with Gasteiger partial charge in [0.1, 0.15) is 0 Å². The highest BCUT2D eigenvalue weighted by molar-refractivity contribution is 5.57. The van der Waals surface area contributed by atoms with Crippen LogP contribution in [0.5, 0.6) is 0 Å². The van der Waals surface area contributed by atoms with Gasteiger partial charge in [0, 0.05) is 31.0 Å². The Morgan fingerprint density at radius 2 is 2.08 bits per heavy atom. The average molecular weight is 337 g/mol. The molecule has 0 saturated heterocycles. The average Bonchev–Trinajstić information content (AvgIpc) is 2.92. The number of rotatable bonds is 5. The summed E-state index contributed by atoms with van der Waals surface area (Å²) in [6.45, 7) is 0.247. The van der Waals surface area contributed by atoms with Crippen LogP contribution < -0.4 is 5.32 Å². The van der Waals surface area contributed by atoms with Crippen LogP contribution in [0.3, 0.4) is 0 Å². The third-order valence-corrected chi connectivity index (χ3v) is 3.67. The van der Waals surface area contributed by atoms with Crippen molar-refractivity contribution in [1.29, 1.82) is 5.26 Å². The predicted molar refractivity (Wildman–Crippen MR) is 84.3 cm³/mol. The molecule has 128 valence electrons. The molecule has 0 fully saturated rings. The minimum atomic E-state index is -4.49. The lowest BCUT2D eigenvalue weighted by Crippen LogP contribution is -2.27.